The van der Waals surface area contributed by atoms with Crippen molar-refractivity contribution in [2.24, 2.45) is 5.73 Å². The number of hydrogen-bond acceptors (Lipinski definition) is 4. The van der Waals surface area contributed by atoms with Gasteiger partial charge in [0.1, 0.15) is 6.26 Å². The van der Waals surface area contributed by atoms with Gasteiger partial charge < -0.3 is 15.6 Å². The highest BCUT2D eigenvalue weighted by molar-refractivity contribution is 5.93. The zero-order chi connectivity index (χ0) is 8.55. The second kappa shape index (κ2) is 2.60. The Morgan fingerprint density at radius 3 is 3.08 bits per heavy atom. The number of rotatable bonds is 2. The molecule has 5 nitrogen and oxygen atoms in total. The molecule has 1 aromatic heterocycles. The van der Waals surface area contributed by atoms with E-state index in [1.165, 1.54) is 12.5 Å². The Morgan fingerprint density at radius 1 is 1.83 bits per heavy atom. The summed E-state index contributed by atoms with van der Waals surface area (Å²) in [4.78, 5) is 11.2. The largest absolute Gasteiger partial charge is 0.364 e. The van der Waals surface area contributed by atoms with E-state index in [2.05, 4.69) is 15.0 Å². The first-order chi connectivity index (χ1) is 5.77. The first-order valence-corrected chi connectivity index (χ1v) is 3.73. The number of nitrogens with one attached hydrogen (secondary N) is 1. The molecule has 0 bridgehead atoms. The van der Waals surface area contributed by atoms with Crippen LogP contribution in [-0.2, 0) is 0 Å². The van der Waals surface area contributed by atoms with Gasteiger partial charge in [0.25, 0.3) is 5.91 Å². The van der Waals surface area contributed by atoms with E-state index in [0.29, 0.717) is 5.56 Å². The van der Waals surface area contributed by atoms with Crippen molar-refractivity contribution in [3.8, 4) is 0 Å². The summed E-state index contributed by atoms with van der Waals surface area (Å²) in [5, 5.41) is 6.16. The van der Waals surface area contributed by atoms with Gasteiger partial charge >= 0.3 is 0 Å². The molecule has 1 aliphatic rings. The molecule has 0 spiro atoms. The quantitative estimate of drug-likeness (QED) is 0.622. The summed E-state index contributed by atoms with van der Waals surface area (Å²) < 4.78 is 4.52. The third-order valence-electron chi connectivity index (χ3n) is 1.85. The smallest absolute Gasteiger partial charge is 0.256 e. The lowest BCUT2D eigenvalue weighted by molar-refractivity contribution is 0.0949. The fraction of sp³-hybridized carbons (Fsp3) is 0.429. The van der Waals surface area contributed by atoms with Crippen molar-refractivity contribution in [3.05, 3.63) is 18.0 Å². The molecule has 1 amide bonds. The fourth-order valence-electron chi connectivity index (χ4n) is 0.949. The predicted octanol–water partition coefficient (Wildman–Crippen LogP) is -0.496. The van der Waals surface area contributed by atoms with Crippen LogP contribution in [0.25, 0.3) is 0 Å². The van der Waals surface area contributed by atoms with Crippen molar-refractivity contribution in [2.45, 2.75) is 18.5 Å². The molecule has 0 saturated heterocycles. The number of carbonyl (C=O) groups excluding carboxylic acids is 1. The highest BCUT2D eigenvalue weighted by Gasteiger charge is 2.35. The predicted molar refractivity (Wildman–Crippen MR) is 40.3 cm³/mol. The Balaban J connectivity index is 1.93. The van der Waals surface area contributed by atoms with Gasteiger partial charge in [-0.05, 0) is 6.42 Å². The minimum Gasteiger partial charge on any atom is -0.364 e. The van der Waals surface area contributed by atoms with Crippen LogP contribution in [0, 0.1) is 0 Å². The van der Waals surface area contributed by atoms with E-state index in [1.807, 2.05) is 0 Å². The minimum atomic E-state index is -0.172. The van der Waals surface area contributed by atoms with Gasteiger partial charge in [-0.25, -0.2) is 0 Å². The Labute approximate surface area is 68.9 Å². The number of amides is 1. The zero-order valence-electron chi connectivity index (χ0n) is 6.36. The van der Waals surface area contributed by atoms with E-state index in [0.717, 1.165) is 6.42 Å². The summed E-state index contributed by atoms with van der Waals surface area (Å²) in [5.74, 6) is -0.172. The molecule has 2 rings (SSSR count). The third-order valence-corrected chi connectivity index (χ3v) is 1.85. The lowest BCUT2D eigenvalue weighted by Gasteiger charge is -1.98. The summed E-state index contributed by atoms with van der Waals surface area (Å²) in [6, 6.07) is 0.251. The number of carbonyl (C=O) groups is 1. The number of nitrogens with zero attached hydrogens (tertiary/aromatic N) is 1. The summed E-state index contributed by atoms with van der Waals surface area (Å²) in [6.07, 6.45) is 3.55. The molecule has 5 heteroatoms. The second-order valence-electron chi connectivity index (χ2n) is 2.89. The molecular weight excluding hydrogens is 158 g/mol. The maximum Gasteiger partial charge on any atom is 0.256 e. The van der Waals surface area contributed by atoms with Crippen LogP contribution in [0.15, 0.2) is 17.0 Å². The molecule has 1 heterocycles. The topological polar surface area (TPSA) is 81.1 Å². The van der Waals surface area contributed by atoms with Crippen molar-refractivity contribution in [3.63, 3.8) is 0 Å². The highest BCUT2D eigenvalue weighted by atomic mass is 16.5. The standard InChI is InChI=1S/C7H9N3O2/c8-5-1-6(5)10-7(11)4-2-9-12-3-4/h2-3,5-6H,1,8H2,(H,10,11). The SMILES string of the molecule is NC1CC1NC(=O)c1cnoc1. The van der Waals surface area contributed by atoms with E-state index in [9.17, 15) is 4.79 Å². The van der Waals surface area contributed by atoms with Gasteiger partial charge in [0.2, 0.25) is 0 Å². The van der Waals surface area contributed by atoms with Crippen molar-refractivity contribution in [1.82, 2.24) is 10.5 Å². The van der Waals surface area contributed by atoms with Crippen LogP contribution in [-0.4, -0.2) is 23.1 Å². The first-order valence-electron chi connectivity index (χ1n) is 3.73. The van der Waals surface area contributed by atoms with Crippen molar-refractivity contribution in [2.75, 3.05) is 0 Å². The molecule has 1 aromatic rings. The molecular formula is C7H9N3O2. The van der Waals surface area contributed by atoms with E-state index < -0.39 is 0 Å². The molecule has 0 aromatic carbocycles. The molecule has 2 unspecified atom stereocenters. The van der Waals surface area contributed by atoms with Gasteiger partial charge in [-0.1, -0.05) is 5.16 Å². The first kappa shape index (κ1) is 7.30. The summed E-state index contributed by atoms with van der Waals surface area (Å²) in [6.45, 7) is 0. The molecule has 0 aliphatic heterocycles. The van der Waals surface area contributed by atoms with Crippen molar-refractivity contribution >= 4 is 5.91 Å². The number of nitrogens with two attached hydrogens (primary N) is 1. The lowest BCUT2D eigenvalue weighted by Crippen LogP contribution is -2.29. The molecule has 12 heavy (non-hydrogen) atoms. The second-order valence-corrected chi connectivity index (χ2v) is 2.89. The van der Waals surface area contributed by atoms with Crippen LogP contribution >= 0.6 is 0 Å². The van der Waals surface area contributed by atoms with Crippen LogP contribution in [0.1, 0.15) is 16.8 Å². The third kappa shape index (κ3) is 1.31. The normalized spacial score (nSPS) is 26.8. The molecule has 1 saturated carbocycles. The summed E-state index contributed by atoms with van der Waals surface area (Å²) in [7, 11) is 0. The molecule has 2 atom stereocenters. The molecule has 3 N–H and O–H groups in total. The maximum absolute atomic E-state index is 11.2. The van der Waals surface area contributed by atoms with Crippen LogP contribution in [0.4, 0.5) is 0 Å². The Morgan fingerprint density at radius 2 is 2.58 bits per heavy atom. The van der Waals surface area contributed by atoms with Crippen LogP contribution in [0.5, 0.6) is 0 Å². The van der Waals surface area contributed by atoms with Gasteiger partial charge in [0, 0.05) is 12.1 Å². The van der Waals surface area contributed by atoms with Gasteiger partial charge in [-0.2, -0.15) is 0 Å². The highest BCUT2D eigenvalue weighted by Crippen LogP contribution is 2.18. The van der Waals surface area contributed by atoms with Crippen molar-refractivity contribution in [1.29, 1.82) is 0 Å². The monoisotopic (exact) mass is 167 g/mol. The Kier molecular flexibility index (Phi) is 1.58. The molecule has 0 radical (unpaired) electrons. The van der Waals surface area contributed by atoms with Crippen molar-refractivity contribution < 1.29 is 9.32 Å². The van der Waals surface area contributed by atoms with Crippen LogP contribution in [0.2, 0.25) is 0 Å². The number of hydrogen-bond donors (Lipinski definition) is 2. The Hall–Kier alpha value is -1.36. The van der Waals surface area contributed by atoms with Gasteiger partial charge in [0.15, 0.2) is 0 Å². The Bertz CT molecular complexity index is 283. The average molecular weight is 167 g/mol. The van der Waals surface area contributed by atoms with Crippen LogP contribution in [0.3, 0.4) is 0 Å². The fourth-order valence-corrected chi connectivity index (χ4v) is 0.949. The van der Waals surface area contributed by atoms with Crippen LogP contribution < -0.4 is 11.1 Å². The zero-order valence-corrected chi connectivity index (χ0v) is 6.36. The lowest BCUT2D eigenvalue weighted by atomic mass is 10.3. The van der Waals surface area contributed by atoms with E-state index >= 15 is 0 Å². The summed E-state index contributed by atoms with van der Waals surface area (Å²) >= 11 is 0. The molecule has 64 valence electrons. The number of aromatic nitrogens is 1. The average Bonchev–Trinajstić information content (AvgIpc) is 2.58. The van der Waals surface area contributed by atoms with E-state index in [1.54, 1.807) is 0 Å². The maximum atomic E-state index is 11.2. The van der Waals surface area contributed by atoms with E-state index in [4.69, 9.17) is 5.73 Å². The van der Waals surface area contributed by atoms with Gasteiger partial charge in [0.05, 0.1) is 11.8 Å². The molecule has 1 aliphatic carbocycles. The summed E-state index contributed by atoms with van der Waals surface area (Å²) in [5.41, 5.74) is 5.95. The van der Waals surface area contributed by atoms with E-state index in [-0.39, 0.29) is 18.0 Å². The minimum absolute atomic E-state index is 0.119. The van der Waals surface area contributed by atoms with Gasteiger partial charge in [-0.15, -0.1) is 0 Å². The van der Waals surface area contributed by atoms with Gasteiger partial charge in [-0.3, -0.25) is 4.79 Å². The molecule has 1 fully saturated rings.